The zero-order valence-electron chi connectivity index (χ0n) is 16.1. The minimum absolute atomic E-state index is 0.0712. The molecule has 0 unspecified atom stereocenters. The summed E-state index contributed by atoms with van der Waals surface area (Å²) < 4.78 is 40.8. The molecule has 0 radical (unpaired) electrons. The van der Waals surface area contributed by atoms with E-state index >= 15 is 0 Å². The standard InChI is InChI=1S/C21H14F3N5O3/c22-21(23,24)32-15-2-4-18(30)14(9-15)11-26-29-20(31)13-1-3-16-17(10-13)28-19(27-16)12-5-7-25-8-6-12/h1-11,30H,(H,27,28)(H,29,31)/b26-11+. The van der Waals surface area contributed by atoms with Gasteiger partial charge in [-0.05, 0) is 48.5 Å². The van der Waals surface area contributed by atoms with Crippen LogP contribution in [0.3, 0.4) is 0 Å². The van der Waals surface area contributed by atoms with Crippen molar-refractivity contribution in [3.05, 3.63) is 72.1 Å². The van der Waals surface area contributed by atoms with Crippen molar-refractivity contribution < 1.29 is 27.8 Å². The fourth-order valence-electron chi connectivity index (χ4n) is 2.86. The van der Waals surface area contributed by atoms with Crippen LogP contribution in [0.5, 0.6) is 11.5 Å². The number of nitrogens with one attached hydrogen (secondary N) is 2. The predicted molar refractivity (Wildman–Crippen MR) is 109 cm³/mol. The smallest absolute Gasteiger partial charge is 0.507 e. The lowest BCUT2D eigenvalue weighted by Gasteiger charge is -2.09. The van der Waals surface area contributed by atoms with Gasteiger partial charge in [-0.1, -0.05) is 0 Å². The number of nitrogens with zero attached hydrogens (tertiary/aromatic N) is 3. The highest BCUT2D eigenvalue weighted by atomic mass is 19.4. The molecular formula is C21H14F3N5O3. The summed E-state index contributed by atoms with van der Waals surface area (Å²) in [6.45, 7) is 0. The van der Waals surface area contributed by atoms with Crippen molar-refractivity contribution in [2.24, 2.45) is 5.10 Å². The summed E-state index contributed by atoms with van der Waals surface area (Å²) in [4.78, 5) is 23.9. The van der Waals surface area contributed by atoms with Crippen molar-refractivity contribution in [1.82, 2.24) is 20.4 Å². The number of phenolic OH excluding ortho intramolecular Hbond substituents is 1. The summed E-state index contributed by atoms with van der Waals surface area (Å²) in [6.07, 6.45) is -0.584. The molecule has 32 heavy (non-hydrogen) atoms. The quantitative estimate of drug-likeness (QED) is 0.320. The molecule has 4 rings (SSSR count). The van der Waals surface area contributed by atoms with Gasteiger partial charge in [-0.25, -0.2) is 10.4 Å². The number of fused-ring (bicyclic) bond motifs is 1. The predicted octanol–water partition coefficient (Wildman–Crippen LogP) is 3.99. The average Bonchev–Trinajstić information content (AvgIpc) is 3.19. The number of pyridine rings is 1. The summed E-state index contributed by atoms with van der Waals surface area (Å²) in [5.41, 5.74) is 4.58. The van der Waals surface area contributed by atoms with E-state index in [0.717, 1.165) is 30.0 Å². The van der Waals surface area contributed by atoms with E-state index in [2.05, 4.69) is 30.2 Å². The van der Waals surface area contributed by atoms with Crippen LogP contribution in [0.25, 0.3) is 22.4 Å². The Morgan fingerprint density at radius 2 is 1.91 bits per heavy atom. The number of aromatic amines is 1. The van der Waals surface area contributed by atoms with Crippen LogP contribution in [0.1, 0.15) is 15.9 Å². The monoisotopic (exact) mass is 441 g/mol. The van der Waals surface area contributed by atoms with E-state index in [9.17, 15) is 23.1 Å². The van der Waals surface area contributed by atoms with E-state index in [4.69, 9.17) is 0 Å². The number of aromatic hydroxyl groups is 1. The number of carbonyl (C=O) groups excluding carboxylic acids is 1. The largest absolute Gasteiger partial charge is 0.573 e. The van der Waals surface area contributed by atoms with E-state index in [1.165, 1.54) is 0 Å². The third-order valence-corrected chi connectivity index (χ3v) is 4.30. The number of hydrogen-bond acceptors (Lipinski definition) is 6. The Bertz CT molecular complexity index is 1300. The Morgan fingerprint density at radius 1 is 1.12 bits per heavy atom. The zero-order chi connectivity index (χ0) is 22.7. The van der Waals surface area contributed by atoms with Gasteiger partial charge in [0.2, 0.25) is 0 Å². The number of hydrazone groups is 1. The number of ether oxygens (including phenoxy) is 1. The number of H-pyrrole nitrogens is 1. The lowest BCUT2D eigenvalue weighted by atomic mass is 10.2. The van der Waals surface area contributed by atoms with E-state index in [1.807, 2.05) is 0 Å². The van der Waals surface area contributed by atoms with Gasteiger partial charge in [0.25, 0.3) is 5.91 Å². The second-order valence-electron chi connectivity index (χ2n) is 6.52. The molecule has 2 heterocycles. The van der Waals surface area contributed by atoms with Gasteiger partial charge in [0.05, 0.1) is 17.2 Å². The normalized spacial score (nSPS) is 11.7. The SMILES string of the molecule is O=C(N/N=C/c1cc(OC(F)(F)F)ccc1O)c1ccc2nc(-c3ccncc3)[nH]c2c1. The topological polar surface area (TPSA) is 112 Å². The Kier molecular flexibility index (Phi) is 5.46. The number of benzene rings is 2. The summed E-state index contributed by atoms with van der Waals surface area (Å²) in [5.74, 6) is -0.808. The van der Waals surface area contributed by atoms with Crippen LogP contribution in [-0.4, -0.2) is 38.5 Å². The molecule has 4 aromatic rings. The van der Waals surface area contributed by atoms with Gasteiger partial charge in [-0.2, -0.15) is 5.10 Å². The van der Waals surface area contributed by atoms with Crippen molar-refractivity contribution in [3.63, 3.8) is 0 Å². The van der Waals surface area contributed by atoms with Crippen molar-refractivity contribution in [2.75, 3.05) is 0 Å². The number of hydrogen-bond donors (Lipinski definition) is 3. The highest BCUT2D eigenvalue weighted by molar-refractivity contribution is 5.98. The van der Waals surface area contributed by atoms with Gasteiger partial charge in [-0.15, -0.1) is 13.2 Å². The van der Waals surface area contributed by atoms with E-state index in [1.54, 1.807) is 42.7 Å². The first-order chi connectivity index (χ1) is 15.3. The molecule has 0 fully saturated rings. The van der Waals surface area contributed by atoms with Crippen molar-refractivity contribution in [3.8, 4) is 22.9 Å². The maximum absolute atomic E-state index is 12.4. The molecule has 8 nitrogen and oxygen atoms in total. The summed E-state index contributed by atoms with van der Waals surface area (Å²) in [5, 5.41) is 13.5. The number of imidazole rings is 1. The molecule has 0 aliphatic carbocycles. The first kappa shape index (κ1) is 20.8. The molecule has 0 saturated carbocycles. The van der Waals surface area contributed by atoms with Crippen LogP contribution >= 0.6 is 0 Å². The first-order valence-electron chi connectivity index (χ1n) is 9.11. The van der Waals surface area contributed by atoms with E-state index in [-0.39, 0.29) is 16.9 Å². The minimum atomic E-state index is -4.87. The fourth-order valence-corrected chi connectivity index (χ4v) is 2.86. The van der Waals surface area contributed by atoms with E-state index < -0.39 is 18.0 Å². The van der Waals surface area contributed by atoms with Gasteiger partial charge >= 0.3 is 6.36 Å². The molecule has 1 amide bonds. The average molecular weight is 441 g/mol. The molecule has 0 aliphatic heterocycles. The van der Waals surface area contributed by atoms with Crippen LogP contribution < -0.4 is 10.2 Å². The third-order valence-electron chi connectivity index (χ3n) is 4.30. The maximum Gasteiger partial charge on any atom is 0.573 e. The van der Waals surface area contributed by atoms with Crippen LogP contribution in [0.15, 0.2) is 66.0 Å². The Labute approximate surface area is 178 Å². The van der Waals surface area contributed by atoms with Gasteiger partial charge < -0.3 is 14.8 Å². The Morgan fingerprint density at radius 3 is 2.66 bits per heavy atom. The van der Waals surface area contributed by atoms with Gasteiger partial charge in [0, 0.05) is 29.1 Å². The van der Waals surface area contributed by atoms with Crippen LogP contribution in [0.2, 0.25) is 0 Å². The highest BCUT2D eigenvalue weighted by Crippen LogP contribution is 2.27. The second kappa shape index (κ2) is 8.38. The van der Waals surface area contributed by atoms with Crippen molar-refractivity contribution in [2.45, 2.75) is 6.36 Å². The van der Waals surface area contributed by atoms with Crippen LogP contribution in [0.4, 0.5) is 13.2 Å². The van der Waals surface area contributed by atoms with Gasteiger partial charge in [0.15, 0.2) is 0 Å². The third kappa shape index (κ3) is 4.83. The lowest BCUT2D eigenvalue weighted by Crippen LogP contribution is -2.18. The molecule has 11 heteroatoms. The van der Waals surface area contributed by atoms with Crippen molar-refractivity contribution >= 4 is 23.2 Å². The molecular weight excluding hydrogens is 427 g/mol. The molecule has 2 aromatic heterocycles. The molecule has 2 aromatic carbocycles. The minimum Gasteiger partial charge on any atom is -0.507 e. The van der Waals surface area contributed by atoms with Crippen molar-refractivity contribution in [1.29, 1.82) is 0 Å². The van der Waals surface area contributed by atoms with Gasteiger partial charge in [0.1, 0.15) is 17.3 Å². The second-order valence-corrected chi connectivity index (χ2v) is 6.52. The van der Waals surface area contributed by atoms with Crippen LogP contribution in [-0.2, 0) is 0 Å². The summed E-state index contributed by atoms with van der Waals surface area (Å²) >= 11 is 0. The van der Waals surface area contributed by atoms with Gasteiger partial charge in [-0.3, -0.25) is 9.78 Å². The molecule has 0 bridgehead atoms. The number of alkyl halides is 3. The number of phenols is 1. The molecule has 0 saturated heterocycles. The first-order valence-corrected chi connectivity index (χ1v) is 9.11. The maximum atomic E-state index is 12.4. The van der Waals surface area contributed by atoms with E-state index in [0.29, 0.717) is 16.9 Å². The molecule has 3 N–H and O–H groups in total. The lowest BCUT2D eigenvalue weighted by molar-refractivity contribution is -0.274. The summed E-state index contributed by atoms with van der Waals surface area (Å²) in [6, 6.07) is 11.3. The molecule has 0 spiro atoms. The number of aromatic nitrogens is 3. The Balaban J connectivity index is 1.48. The number of rotatable bonds is 5. The number of carbonyl (C=O) groups is 1. The fraction of sp³-hybridized carbons (Fsp3) is 0.0476. The highest BCUT2D eigenvalue weighted by Gasteiger charge is 2.31. The number of halogens is 3. The molecule has 0 atom stereocenters. The molecule has 162 valence electrons. The zero-order valence-corrected chi connectivity index (χ0v) is 16.1. The van der Waals surface area contributed by atoms with Crippen LogP contribution in [0, 0.1) is 0 Å². The summed E-state index contributed by atoms with van der Waals surface area (Å²) in [7, 11) is 0. The molecule has 0 aliphatic rings. The number of amides is 1. The Hall–Kier alpha value is -4.41.